The van der Waals surface area contributed by atoms with Crippen molar-refractivity contribution in [2.75, 3.05) is 10.6 Å². The first-order valence-corrected chi connectivity index (χ1v) is 8.64. The summed E-state index contributed by atoms with van der Waals surface area (Å²) in [5, 5.41) is 5.72. The Bertz CT molecular complexity index is 694. The summed E-state index contributed by atoms with van der Waals surface area (Å²) in [6.45, 7) is 7.23. The molecule has 26 heavy (non-hydrogen) atoms. The van der Waals surface area contributed by atoms with Crippen LogP contribution in [0.4, 0.5) is 11.4 Å². The molecule has 0 spiro atoms. The molecule has 0 aliphatic carbocycles. The van der Waals surface area contributed by atoms with Crippen molar-refractivity contribution in [1.29, 1.82) is 0 Å². The molecule has 0 unspecified atom stereocenters. The van der Waals surface area contributed by atoms with Crippen LogP contribution < -0.4 is 10.6 Å². The number of nitrogens with one attached hydrogen (secondary N) is 2. The van der Waals surface area contributed by atoms with Gasteiger partial charge in [-0.3, -0.25) is 9.59 Å². The van der Waals surface area contributed by atoms with Crippen LogP contribution in [0, 0.1) is 0 Å². The average molecular weight is 348 g/mol. The van der Waals surface area contributed by atoms with Crippen molar-refractivity contribution in [2.45, 2.75) is 25.7 Å². The zero-order valence-electron chi connectivity index (χ0n) is 14.8. The third kappa shape index (κ3) is 6.06. The van der Waals surface area contributed by atoms with Gasteiger partial charge < -0.3 is 10.6 Å². The van der Waals surface area contributed by atoms with Gasteiger partial charge in [-0.2, -0.15) is 0 Å². The maximum absolute atomic E-state index is 11.7. The maximum atomic E-state index is 11.7. The lowest BCUT2D eigenvalue weighted by Crippen LogP contribution is -2.10. The molecule has 0 saturated carbocycles. The zero-order chi connectivity index (χ0) is 18.8. The smallest absolute Gasteiger partial charge is 0.224 e. The van der Waals surface area contributed by atoms with Crippen LogP contribution in [0.1, 0.15) is 25.7 Å². The molecule has 2 aromatic carbocycles. The van der Waals surface area contributed by atoms with E-state index < -0.39 is 0 Å². The Labute approximate surface area is 154 Å². The van der Waals surface area contributed by atoms with Gasteiger partial charge in [0.15, 0.2) is 0 Å². The SMILES string of the molecule is C=CCCC(=O)Nc1ccc(-c2ccc(NC(=O)CCC=C)cc2)cc1. The van der Waals surface area contributed by atoms with E-state index in [1.807, 2.05) is 48.5 Å². The maximum Gasteiger partial charge on any atom is 0.224 e. The normalized spacial score (nSPS) is 10.0. The molecule has 0 saturated heterocycles. The van der Waals surface area contributed by atoms with Crippen LogP contribution in [0.5, 0.6) is 0 Å². The van der Waals surface area contributed by atoms with Crippen LogP contribution in [0.25, 0.3) is 11.1 Å². The lowest BCUT2D eigenvalue weighted by atomic mass is 10.0. The van der Waals surface area contributed by atoms with Gasteiger partial charge in [0, 0.05) is 24.2 Å². The fraction of sp³-hybridized carbons (Fsp3) is 0.182. The highest BCUT2D eigenvalue weighted by Crippen LogP contribution is 2.23. The standard InChI is InChI=1S/C22H24N2O2/c1-3-5-7-21(25)23-19-13-9-17(10-14-19)18-11-15-20(16-12-18)24-22(26)8-6-4-2/h3-4,9-16H,1-2,5-8H2,(H,23,25)(H,24,26). The number of rotatable bonds is 9. The average Bonchev–Trinajstić information content (AvgIpc) is 2.66. The Morgan fingerprint density at radius 1 is 0.692 bits per heavy atom. The van der Waals surface area contributed by atoms with Crippen LogP contribution in [-0.4, -0.2) is 11.8 Å². The molecule has 0 aromatic heterocycles. The van der Waals surface area contributed by atoms with Gasteiger partial charge in [0.05, 0.1) is 0 Å². The van der Waals surface area contributed by atoms with E-state index in [0.717, 1.165) is 22.5 Å². The minimum absolute atomic E-state index is 0.0193. The molecule has 0 fully saturated rings. The number of benzene rings is 2. The van der Waals surface area contributed by atoms with Crippen molar-refractivity contribution >= 4 is 23.2 Å². The first kappa shape index (κ1) is 19.2. The predicted octanol–water partition coefficient (Wildman–Crippen LogP) is 5.16. The largest absolute Gasteiger partial charge is 0.326 e. The Kier molecular flexibility index (Phi) is 7.37. The predicted molar refractivity (Wildman–Crippen MR) is 108 cm³/mol. The van der Waals surface area contributed by atoms with Crippen LogP contribution >= 0.6 is 0 Å². The van der Waals surface area contributed by atoms with E-state index in [2.05, 4.69) is 23.8 Å². The minimum Gasteiger partial charge on any atom is -0.326 e. The molecular formula is C22H24N2O2. The number of allylic oxidation sites excluding steroid dienone is 2. The summed E-state index contributed by atoms with van der Waals surface area (Å²) in [6.07, 6.45) is 5.67. The number of carbonyl (C=O) groups is 2. The summed E-state index contributed by atoms with van der Waals surface area (Å²) in [6, 6.07) is 15.4. The van der Waals surface area contributed by atoms with Gasteiger partial charge in [0.25, 0.3) is 0 Å². The van der Waals surface area contributed by atoms with Crippen LogP contribution in [0.3, 0.4) is 0 Å². The second kappa shape index (κ2) is 9.99. The highest BCUT2D eigenvalue weighted by molar-refractivity contribution is 5.92. The molecule has 2 rings (SSSR count). The summed E-state index contributed by atoms with van der Waals surface area (Å²) in [4.78, 5) is 23.4. The van der Waals surface area contributed by atoms with Gasteiger partial charge in [-0.05, 0) is 48.2 Å². The third-order valence-corrected chi connectivity index (χ3v) is 3.82. The van der Waals surface area contributed by atoms with Crippen molar-refractivity contribution in [3.05, 3.63) is 73.8 Å². The molecule has 0 aliphatic rings. The van der Waals surface area contributed by atoms with Gasteiger partial charge in [-0.25, -0.2) is 0 Å². The lowest BCUT2D eigenvalue weighted by molar-refractivity contribution is -0.116. The van der Waals surface area contributed by atoms with Crippen LogP contribution in [0.15, 0.2) is 73.8 Å². The van der Waals surface area contributed by atoms with Gasteiger partial charge in [-0.15, -0.1) is 13.2 Å². The lowest BCUT2D eigenvalue weighted by Gasteiger charge is -2.08. The van der Waals surface area contributed by atoms with Crippen molar-refractivity contribution in [3.63, 3.8) is 0 Å². The van der Waals surface area contributed by atoms with Crippen LogP contribution in [-0.2, 0) is 9.59 Å². The summed E-state index contributed by atoms with van der Waals surface area (Å²) in [5.74, 6) is -0.0385. The van der Waals surface area contributed by atoms with Gasteiger partial charge in [0.1, 0.15) is 0 Å². The Morgan fingerprint density at radius 2 is 1.04 bits per heavy atom. The first-order chi connectivity index (χ1) is 12.6. The fourth-order valence-electron chi connectivity index (χ4n) is 2.41. The molecule has 2 N–H and O–H groups in total. The summed E-state index contributed by atoms with van der Waals surface area (Å²) >= 11 is 0. The van der Waals surface area contributed by atoms with E-state index in [9.17, 15) is 9.59 Å². The number of amides is 2. The summed E-state index contributed by atoms with van der Waals surface area (Å²) in [7, 11) is 0. The van der Waals surface area contributed by atoms with Crippen molar-refractivity contribution in [3.8, 4) is 11.1 Å². The summed E-state index contributed by atoms with van der Waals surface area (Å²) in [5.41, 5.74) is 3.63. The van der Waals surface area contributed by atoms with Crippen LogP contribution in [0.2, 0.25) is 0 Å². The monoisotopic (exact) mass is 348 g/mol. The molecule has 0 aliphatic heterocycles. The molecule has 0 heterocycles. The number of hydrogen-bond acceptors (Lipinski definition) is 2. The second-order valence-corrected chi connectivity index (χ2v) is 5.91. The first-order valence-electron chi connectivity index (χ1n) is 8.64. The van der Waals surface area contributed by atoms with E-state index in [1.165, 1.54) is 0 Å². The second-order valence-electron chi connectivity index (χ2n) is 5.91. The number of anilines is 2. The molecular weight excluding hydrogens is 324 g/mol. The Morgan fingerprint density at radius 3 is 1.35 bits per heavy atom. The number of hydrogen-bond donors (Lipinski definition) is 2. The highest BCUT2D eigenvalue weighted by Gasteiger charge is 2.04. The van der Waals surface area contributed by atoms with E-state index in [4.69, 9.17) is 0 Å². The van der Waals surface area contributed by atoms with E-state index >= 15 is 0 Å². The van der Waals surface area contributed by atoms with Gasteiger partial charge >= 0.3 is 0 Å². The molecule has 4 nitrogen and oxygen atoms in total. The third-order valence-electron chi connectivity index (χ3n) is 3.82. The molecule has 2 amide bonds. The molecule has 4 heteroatoms. The van der Waals surface area contributed by atoms with E-state index in [1.54, 1.807) is 12.2 Å². The number of carbonyl (C=O) groups excluding carboxylic acids is 2. The van der Waals surface area contributed by atoms with E-state index in [0.29, 0.717) is 25.7 Å². The molecule has 134 valence electrons. The molecule has 2 aromatic rings. The Hall–Kier alpha value is -3.14. The summed E-state index contributed by atoms with van der Waals surface area (Å²) < 4.78 is 0. The fourth-order valence-corrected chi connectivity index (χ4v) is 2.41. The van der Waals surface area contributed by atoms with Crippen molar-refractivity contribution in [1.82, 2.24) is 0 Å². The molecule has 0 radical (unpaired) electrons. The highest BCUT2D eigenvalue weighted by atomic mass is 16.2. The topological polar surface area (TPSA) is 58.2 Å². The van der Waals surface area contributed by atoms with Crippen molar-refractivity contribution < 1.29 is 9.59 Å². The minimum atomic E-state index is -0.0193. The molecule has 0 atom stereocenters. The quantitative estimate of drug-likeness (QED) is 0.615. The molecule has 0 bridgehead atoms. The van der Waals surface area contributed by atoms with Gasteiger partial charge in [-0.1, -0.05) is 36.4 Å². The zero-order valence-corrected chi connectivity index (χ0v) is 14.8. The van der Waals surface area contributed by atoms with Gasteiger partial charge in [0.2, 0.25) is 11.8 Å². The Balaban J connectivity index is 1.96. The van der Waals surface area contributed by atoms with Crippen molar-refractivity contribution in [2.24, 2.45) is 0 Å². The van der Waals surface area contributed by atoms with E-state index in [-0.39, 0.29) is 11.8 Å².